The van der Waals surface area contributed by atoms with Crippen LogP contribution in [-0.2, 0) is 66.5 Å². The minimum Gasteiger partial charge on any atom is -0.483 e. The van der Waals surface area contributed by atoms with Crippen LogP contribution in [0.15, 0.2) is 48.5 Å². The largest absolute Gasteiger partial charge is 0.483 e. The predicted octanol–water partition coefficient (Wildman–Crippen LogP) is 12.7. The number of unbranched alkanes of at least 4 members (excludes halogenated alkanes) is 4. The Kier molecular flexibility index (Phi) is 23.6. The minimum absolute atomic E-state index is 0.203. The lowest BCUT2D eigenvalue weighted by Gasteiger charge is -2.29. The summed E-state index contributed by atoms with van der Waals surface area (Å²) in [5, 5.41) is 12.3. The quantitative estimate of drug-likeness (QED) is 0.0446. The highest BCUT2D eigenvalue weighted by Crippen LogP contribution is 2.44. The van der Waals surface area contributed by atoms with Crippen LogP contribution in [0.25, 0.3) is 0 Å². The van der Waals surface area contributed by atoms with Crippen molar-refractivity contribution < 1.29 is 38.1 Å². The summed E-state index contributed by atoms with van der Waals surface area (Å²) in [5.41, 5.74) is 9.87. The second kappa shape index (κ2) is 29.1. The molecule has 0 saturated carbocycles. The average molecular weight is 1100 g/mol. The number of nitrogens with one attached hydrogen (secondary N) is 4. The van der Waals surface area contributed by atoms with E-state index >= 15 is 0 Å². The van der Waals surface area contributed by atoms with Crippen LogP contribution in [0.3, 0.4) is 0 Å². The van der Waals surface area contributed by atoms with Crippen molar-refractivity contribution in [1.82, 2.24) is 21.3 Å². The molecule has 4 aromatic rings. The third kappa shape index (κ3) is 19.0. The summed E-state index contributed by atoms with van der Waals surface area (Å²) in [5.74, 6) is 1.48. The third-order valence-corrected chi connectivity index (χ3v) is 14.8. The van der Waals surface area contributed by atoms with E-state index in [9.17, 15) is 19.2 Å². The van der Waals surface area contributed by atoms with Crippen molar-refractivity contribution in [3.8, 4) is 23.0 Å². The molecule has 1 aliphatic carbocycles. The van der Waals surface area contributed by atoms with Crippen LogP contribution in [0.1, 0.15) is 229 Å². The Labute approximate surface area is 481 Å². The monoisotopic (exact) mass is 1100 g/mol. The molecule has 0 aliphatic heterocycles. The van der Waals surface area contributed by atoms with Crippen molar-refractivity contribution in [3.63, 3.8) is 0 Å². The molecular formula is C68H100N4O8. The molecule has 4 N–H and O–H groups in total. The summed E-state index contributed by atoms with van der Waals surface area (Å²) >= 11 is 0. The smallest absolute Gasteiger partial charge is 0.257 e. The average Bonchev–Trinajstić information content (AvgIpc) is 3.36. The maximum absolute atomic E-state index is 13.7. The number of carbonyl (C=O) groups is 4. The third-order valence-electron chi connectivity index (χ3n) is 14.8. The van der Waals surface area contributed by atoms with Gasteiger partial charge in [-0.3, -0.25) is 19.2 Å². The fourth-order valence-corrected chi connectivity index (χ4v) is 9.74. The van der Waals surface area contributed by atoms with E-state index in [4.69, 9.17) is 18.9 Å². The summed E-state index contributed by atoms with van der Waals surface area (Å²) in [7, 11) is 0. The Bertz CT molecular complexity index is 2280. The number of amides is 4. The van der Waals surface area contributed by atoms with Crippen molar-refractivity contribution in [2.45, 2.75) is 209 Å². The summed E-state index contributed by atoms with van der Waals surface area (Å²) in [6.07, 6.45) is 8.49. The van der Waals surface area contributed by atoms with Gasteiger partial charge in [-0.1, -0.05) is 185 Å². The first-order valence-corrected chi connectivity index (χ1v) is 29.9. The highest BCUT2D eigenvalue weighted by molar-refractivity contribution is 5.79. The molecule has 1 aliphatic rings. The molecule has 440 valence electrons. The highest BCUT2D eigenvalue weighted by Gasteiger charge is 2.30. The fraction of sp³-hybridized carbons (Fsp3) is 0.588. The Morgan fingerprint density at radius 2 is 0.487 bits per heavy atom. The first kappa shape index (κ1) is 64.8. The van der Waals surface area contributed by atoms with Gasteiger partial charge in [0.2, 0.25) is 0 Å². The molecule has 0 fully saturated rings. The molecule has 0 unspecified atom stereocenters. The van der Waals surface area contributed by atoms with Gasteiger partial charge in [-0.15, -0.1) is 0 Å². The number of rotatable bonds is 24. The number of hydrogen-bond acceptors (Lipinski definition) is 8. The first-order chi connectivity index (χ1) is 37.7. The van der Waals surface area contributed by atoms with Crippen LogP contribution in [0.4, 0.5) is 0 Å². The minimum atomic E-state index is -0.320. The topological polar surface area (TPSA) is 153 Å². The van der Waals surface area contributed by atoms with E-state index in [0.29, 0.717) is 74.9 Å². The van der Waals surface area contributed by atoms with Crippen molar-refractivity contribution in [1.29, 1.82) is 0 Å². The van der Waals surface area contributed by atoms with Crippen LogP contribution < -0.4 is 40.2 Å². The SMILES string of the molecule is CCCCNC(=O)COc1c2cc(C(C)(C)C)cc1Cc1cc(C(C)(C)C)cc(c1OCC(=O)NCCCC)Cc1cc(C(C)(C)C)cc(c1OCC(=O)NCCCC)Cc1cc(C(C)(C)C)cc(c1OCC(=O)NCCCC)C2. The Balaban J connectivity index is 1.99. The maximum atomic E-state index is 13.7. The zero-order valence-corrected chi connectivity index (χ0v) is 52.0. The second-order valence-electron chi connectivity index (χ2n) is 26.2. The Hall–Kier alpha value is -6.04. The number of ether oxygens (including phenoxy) is 4. The highest BCUT2D eigenvalue weighted by atomic mass is 16.5. The molecule has 0 radical (unpaired) electrons. The predicted molar refractivity (Wildman–Crippen MR) is 325 cm³/mol. The fourth-order valence-electron chi connectivity index (χ4n) is 9.74. The van der Waals surface area contributed by atoms with E-state index in [-0.39, 0.29) is 71.7 Å². The van der Waals surface area contributed by atoms with Gasteiger partial charge in [0, 0.05) is 51.9 Å². The van der Waals surface area contributed by atoms with Gasteiger partial charge in [0.05, 0.1) is 0 Å². The van der Waals surface area contributed by atoms with Crippen molar-refractivity contribution in [3.05, 3.63) is 115 Å². The van der Waals surface area contributed by atoms with Gasteiger partial charge in [-0.25, -0.2) is 0 Å². The van der Waals surface area contributed by atoms with Crippen LogP contribution in [-0.4, -0.2) is 76.2 Å². The zero-order valence-electron chi connectivity index (χ0n) is 52.0. The van der Waals surface area contributed by atoms with E-state index in [0.717, 1.165) is 118 Å². The van der Waals surface area contributed by atoms with Crippen molar-refractivity contribution in [2.75, 3.05) is 52.6 Å². The molecule has 4 amide bonds. The van der Waals surface area contributed by atoms with Crippen LogP contribution >= 0.6 is 0 Å². The van der Waals surface area contributed by atoms with Gasteiger partial charge in [-0.05, 0) is 114 Å². The van der Waals surface area contributed by atoms with Gasteiger partial charge < -0.3 is 40.2 Å². The van der Waals surface area contributed by atoms with Crippen LogP contribution in [0.5, 0.6) is 23.0 Å². The Morgan fingerprint density at radius 1 is 0.325 bits per heavy atom. The molecule has 12 nitrogen and oxygen atoms in total. The summed E-state index contributed by atoms with van der Waals surface area (Å²) in [6.45, 7) is 36.2. The molecule has 0 saturated heterocycles. The molecule has 0 aromatic heterocycles. The lowest BCUT2D eigenvalue weighted by molar-refractivity contribution is -0.123. The summed E-state index contributed by atoms with van der Waals surface area (Å²) in [6, 6.07) is 17.6. The number of benzene rings is 4. The molecule has 0 atom stereocenters. The van der Waals surface area contributed by atoms with Gasteiger partial charge in [-0.2, -0.15) is 0 Å². The van der Waals surface area contributed by atoms with E-state index in [1.807, 2.05) is 0 Å². The normalized spacial score (nSPS) is 12.8. The molecule has 8 bridgehead atoms. The van der Waals surface area contributed by atoms with E-state index in [1.54, 1.807) is 0 Å². The second-order valence-corrected chi connectivity index (χ2v) is 26.2. The van der Waals surface area contributed by atoms with Crippen LogP contribution in [0, 0.1) is 0 Å². The van der Waals surface area contributed by atoms with E-state index < -0.39 is 0 Å². The van der Waals surface area contributed by atoms with Crippen molar-refractivity contribution >= 4 is 23.6 Å². The number of hydrogen-bond donors (Lipinski definition) is 4. The molecule has 0 heterocycles. The molecular weight excluding hydrogens is 1000 g/mol. The molecule has 0 spiro atoms. The lowest BCUT2D eigenvalue weighted by Crippen LogP contribution is -2.30. The maximum Gasteiger partial charge on any atom is 0.257 e. The Morgan fingerprint density at radius 3 is 0.625 bits per heavy atom. The standard InChI is InChI=1S/C68H100N4O8/c1-17-21-25-69-57(73)41-77-61-45-29-47-35-54(66(8,9)10)37-49(62(47)78-42-58(74)70-26-22-18-2)31-51-39-56(68(14,15)16)40-52(64(51)80-44-60(76)72-28-24-20-4)32-50-38-55(67(11,12)13)36-48(30-46(61)34-53(33-45)65(5,6)7)63(50)79-43-59(75)71-27-23-19-3/h33-40H,17-32,41-44H2,1-16H3,(H,69,73)(H,70,74)(H,71,75)(H,72,76). The van der Waals surface area contributed by atoms with Gasteiger partial charge in [0.25, 0.3) is 23.6 Å². The molecule has 5 rings (SSSR count). The van der Waals surface area contributed by atoms with Crippen molar-refractivity contribution in [2.24, 2.45) is 0 Å². The van der Waals surface area contributed by atoms with Gasteiger partial charge in [0.15, 0.2) is 26.4 Å². The number of carbonyl (C=O) groups excluding carboxylic acids is 4. The van der Waals surface area contributed by atoms with E-state index in [1.165, 1.54) is 0 Å². The van der Waals surface area contributed by atoms with Gasteiger partial charge >= 0.3 is 0 Å². The first-order valence-electron chi connectivity index (χ1n) is 29.9. The summed E-state index contributed by atoms with van der Waals surface area (Å²) < 4.78 is 27.6. The van der Waals surface area contributed by atoms with E-state index in [2.05, 4.69) is 181 Å². The zero-order chi connectivity index (χ0) is 59.0. The van der Waals surface area contributed by atoms with Gasteiger partial charge in [0.1, 0.15) is 23.0 Å². The molecule has 80 heavy (non-hydrogen) atoms. The molecule has 4 aromatic carbocycles. The molecule has 12 heteroatoms. The summed E-state index contributed by atoms with van der Waals surface area (Å²) in [4.78, 5) is 54.9. The number of fused-ring (bicyclic) bond motifs is 8. The lowest BCUT2D eigenvalue weighted by atomic mass is 9.79. The van der Waals surface area contributed by atoms with Crippen LogP contribution in [0.2, 0.25) is 0 Å².